The molecule has 1 saturated carbocycles. The number of hydrogen-bond acceptors (Lipinski definition) is 3. The van der Waals surface area contributed by atoms with Crippen LogP contribution in [-0.4, -0.2) is 36.4 Å². The van der Waals surface area contributed by atoms with Gasteiger partial charge in [0.15, 0.2) is 0 Å². The molecule has 0 bridgehead atoms. The molecule has 1 N–H and O–H groups in total. The Morgan fingerprint density at radius 2 is 1.80 bits per heavy atom. The molecule has 0 radical (unpaired) electrons. The van der Waals surface area contributed by atoms with Crippen LogP contribution >= 0.6 is 15.9 Å². The summed E-state index contributed by atoms with van der Waals surface area (Å²) in [5.41, 5.74) is 1.97. The third-order valence-corrected chi connectivity index (χ3v) is 6.60. The monoisotopic (exact) mass is 470 g/mol. The molecule has 158 valence electrons. The maximum atomic E-state index is 12.6. The van der Waals surface area contributed by atoms with Gasteiger partial charge in [-0.25, -0.2) is 0 Å². The average molecular weight is 471 g/mol. The molecule has 2 amide bonds. The van der Waals surface area contributed by atoms with Gasteiger partial charge in [0.2, 0.25) is 5.91 Å². The van der Waals surface area contributed by atoms with Crippen molar-refractivity contribution in [3.63, 3.8) is 0 Å². The molecular weight excluding hydrogens is 444 g/mol. The zero-order valence-electron chi connectivity index (χ0n) is 17.0. The Bertz CT molecular complexity index is 892. The van der Waals surface area contributed by atoms with E-state index in [1.807, 2.05) is 53.4 Å². The number of nitrogens with zero attached hydrogens (tertiary/aromatic N) is 1. The third-order valence-electron chi connectivity index (χ3n) is 6.08. The molecule has 2 aromatic rings. The molecule has 0 atom stereocenters. The number of nitrogens with one attached hydrogen (secondary N) is 1. The van der Waals surface area contributed by atoms with E-state index >= 15 is 0 Å². The molecule has 0 aromatic heterocycles. The van der Waals surface area contributed by atoms with Crippen molar-refractivity contribution < 1.29 is 14.3 Å². The summed E-state index contributed by atoms with van der Waals surface area (Å²) in [6, 6.07) is 15.5. The molecule has 1 fully saturated rings. The van der Waals surface area contributed by atoms with Crippen LogP contribution in [0.5, 0.6) is 5.75 Å². The van der Waals surface area contributed by atoms with Crippen molar-refractivity contribution in [3.05, 3.63) is 64.1 Å². The van der Waals surface area contributed by atoms with Crippen LogP contribution in [0.4, 0.5) is 0 Å². The SMILES string of the molecule is O=C(NCCOc1ccc(Br)cc1)C1CCC(CN2Cc3ccccc3C2=O)CC1. The predicted octanol–water partition coefficient (Wildman–Crippen LogP) is 4.41. The number of rotatable bonds is 7. The minimum absolute atomic E-state index is 0.0698. The number of halogens is 1. The lowest BCUT2D eigenvalue weighted by atomic mass is 9.81. The van der Waals surface area contributed by atoms with Crippen molar-refractivity contribution in [1.82, 2.24) is 10.2 Å². The van der Waals surface area contributed by atoms with Gasteiger partial charge < -0.3 is 15.0 Å². The second-order valence-electron chi connectivity index (χ2n) is 8.15. The standard InChI is InChI=1S/C24H27BrN2O3/c25-20-9-11-21(12-10-20)30-14-13-26-23(28)18-7-5-17(6-8-18)15-27-16-19-3-1-2-4-22(19)24(27)29/h1-4,9-12,17-18H,5-8,13-16H2,(H,26,28). The molecule has 5 nitrogen and oxygen atoms in total. The van der Waals surface area contributed by atoms with Gasteiger partial charge in [0.25, 0.3) is 5.91 Å². The van der Waals surface area contributed by atoms with Crippen LogP contribution in [-0.2, 0) is 11.3 Å². The second-order valence-corrected chi connectivity index (χ2v) is 9.07. The Hall–Kier alpha value is -2.34. The maximum Gasteiger partial charge on any atom is 0.254 e. The highest BCUT2D eigenvalue weighted by molar-refractivity contribution is 9.10. The Morgan fingerprint density at radius 1 is 1.07 bits per heavy atom. The number of hydrogen-bond donors (Lipinski definition) is 1. The highest BCUT2D eigenvalue weighted by Crippen LogP contribution is 2.32. The lowest BCUT2D eigenvalue weighted by Gasteiger charge is -2.30. The van der Waals surface area contributed by atoms with Crippen molar-refractivity contribution in [2.75, 3.05) is 19.7 Å². The van der Waals surface area contributed by atoms with Crippen LogP contribution in [0.1, 0.15) is 41.6 Å². The van der Waals surface area contributed by atoms with Gasteiger partial charge in [0.1, 0.15) is 12.4 Å². The predicted molar refractivity (Wildman–Crippen MR) is 119 cm³/mol. The van der Waals surface area contributed by atoms with Gasteiger partial charge in [0.05, 0.1) is 6.54 Å². The average Bonchev–Trinajstić information content (AvgIpc) is 3.08. The topological polar surface area (TPSA) is 58.6 Å². The summed E-state index contributed by atoms with van der Waals surface area (Å²) in [6.07, 6.45) is 3.76. The number of ether oxygens (including phenoxy) is 1. The highest BCUT2D eigenvalue weighted by Gasteiger charge is 2.31. The van der Waals surface area contributed by atoms with Crippen LogP contribution < -0.4 is 10.1 Å². The van der Waals surface area contributed by atoms with E-state index < -0.39 is 0 Å². The Kier molecular flexibility index (Phi) is 6.72. The van der Waals surface area contributed by atoms with E-state index in [0.29, 0.717) is 25.6 Å². The van der Waals surface area contributed by atoms with Gasteiger partial charge in [-0.3, -0.25) is 9.59 Å². The van der Waals surface area contributed by atoms with E-state index in [1.165, 1.54) is 0 Å². The summed E-state index contributed by atoms with van der Waals surface area (Å²) in [4.78, 5) is 27.0. The minimum atomic E-state index is 0.0698. The van der Waals surface area contributed by atoms with Crippen LogP contribution in [0.2, 0.25) is 0 Å². The van der Waals surface area contributed by atoms with Crippen molar-refractivity contribution in [2.24, 2.45) is 11.8 Å². The summed E-state index contributed by atoms with van der Waals surface area (Å²) in [5.74, 6) is 1.62. The van der Waals surface area contributed by atoms with Crippen LogP contribution in [0.3, 0.4) is 0 Å². The largest absolute Gasteiger partial charge is 0.492 e. The van der Waals surface area contributed by atoms with E-state index in [9.17, 15) is 9.59 Å². The molecule has 2 aliphatic rings. The van der Waals surface area contributed by atoms with Gasteiger partial charge in [0, 0.05) is 29.0 Å². The van der Waals surface area contributed by atoms with E-state index in [0.717, 1.165) is 53.6 Å². The van der Waals surface area contributed by atoms with E-state index in [2.05, 4.69) is 21.2 Å². The number of carbonyl (C=O) groups is 2. The normalized spacial score (nSPS) is 20.7. The Morgan fingerprint density at radius 3 is 2.53 bits per heavy atom. The van der Waals surface area contributed by atoms with Crippen molar-refractivity contribution in [1.29, 1.82) is 0 Å². The van der Waals surface area contributed by atoms with E-state index in [4.69, 9.17) is 4.74 Å². The fourth-order valence-corrected chi connectivity index (χ4v) is 4.66. The Balaban J connectivity index is 1.15. The minimum Gasteiger partial charge on any atom is -0.492 e. The lowest BCUT2D eigenvalue weighted by molar-refractivity contribution is -0.126. The van der Waals surface area contributed by atoms with Gasteiger partial charge in [-0.05, 0) is 67.5 Å². The zero-order valence-corrected chi connectivity index (χ0v) is 18.6. The maximum absolute atomic E-state index is 12.6. The fraction of sp³-hybridized carbons (Fsp3) is 0.417. The van der Waals surface area contributed by atoms with Crippen LogP contribution in [0, 0.1) is 11.8 Å². The number of amides is 2. The number of benzene rings is 2. The number of carbonyl (C=O) groups excluding carboxylic acids is 2. The van der Waals surface area contributed by atoms with Crippen molar-refractivity contribution in [2.45, 2.75) is 32.2 Å². The summed E-state index contributed by atoms with van der Waals surface area (Å²) < 4.78 is 6.67. The first kappa shape index (κ1) is 20.9. The van der Waals surface area contributed by atoms with E-state index in [1.54, 1.807) is 0 Å². The first-order chi connectivity index (χ1) is 14.6. The summed E-state index contributed by atoms with van der Waals surface area (Å²) in [6.45, 7) is 2.48. The Labute approximate surface area is 185 Å². The molecule has 0 unspecified atom stereocenters. The fourth-order valence-electron chi connectivity index (χ4n) is 4.40. The van der Waals surface area contributed by atoms with Crippen LogP contribution in [0.15, 0.2) is 53.0 Å². The first-order valence-corrected chi connectivity index (χ1v) is 11.4. The van der Waals surface area contributed by atoms with E-state index in [-0.39, 0.29) is 17.7 Å². The molecule has 30 heavy (non-hydrogen) atoms. The molecule has 1 aliphatic carbocycles. The van der Waals surface area contributed by atoms with Gasteiger partial charge in [-0.2, -0.15) is 0 Å². The third kappa shape index (κ3) is 5.04. The summed E-state index contributed by atoms with van der Waals surface area (Å²) >= 11 is 3.40. The van der Waals surface area contributed by atoms with Crippen molar-refractivity contribution in [3.8, 4) is 5.75 Å². The quantitative estimate of drug-likeness (QED) is 0.609. The van der Waals surface area contributed by atoms with Crippen LogP contribution in [0.25, 0.3) is 0 Å². The molecule has 0 spiro atoms. The number of fused-ring (bicyclic) bond motifs is 1. The second kappa shape index (κ2) is 9.65. The van der Waals surface area contributed by atoms with Gasteiger partial charge in [-0.1, -0.05) is 34.1 Å². The molecule has 4 rings (SSSR count). The van der Waals surface area contributed by atoms with Gasteiger partial charge in [-0.15, -0.1) is 0 Å². The van der Waals surface area contributed by atoms with Crippen molar-refractivity contribution >= 4 is 27.7 Å². The smallest absolute Gasteiger partial charge is 0.254 e. The molecule has 1 heterocycles. The highest BCUT2D eigenvalue weighted by atomic mass is 79.9. The molecular formula is C24H27BrN2O3. The van der Waals surface area contributed by atoms with Gasteiger partial charge >= 0.3 is 0 Å². The molecule has 1 aliphatic heterocycles. The molecule has 6 heteroatoms. The molecule has 2 aromatic carbocycles. The summed E-state index contributed by atoms with van der Waals surface area (Å²) in [5, 5.41) is 3.00. The first-order valence-electron chi connectivity index (χ1n) is 10.6. The molecule has 0 saturated heterocycles. The summed E-state index contributed by atoms with van der Waals surface area (Å²) in [7, 11) is 0. The zero-order chi connectivity index (χ0) is 20.9. The lowest BCUT2D eigenvalue weighted by Crippen LogP contribution is -2.37.